The Morgan fingerprint density at radius 1 is 1.42 bits per heavy atom. The van der Waals surface area contributed by atoms with Gasteiger partial charge in [-0.3, -0.25) is 14.9 Å². The Labute approximate surface area is 137 Å². The Kier molecular flexibility index (Phi) is 3.91. The number of alkyl halides is 3. The quantitative estimate of drug-likeness (QED) is 0.866. The van der Waals surface area contributed by atoms with E-state index in [9.17, 15) is 22.8 Å². The van der Waals surface area contributed by atoms with Gasteiger partial charge in [-0.2, -0.15) is 13.2 Å². The molecule has 1 unspecified atom stereocenters. The van der Waals surface area contributed by atoms with Crippen molar-refractivity contribution in [2.75, 3.05) is 10.6 Å². The van der Waals surface area contributed by atoms with Crippen LogP contribution in [-0.2, 0) is 9.59 Å². The molecule has 2 N–H and O–H groups in total. The van der Waals surface area contributed by atoms with Crippen molar-refractivity contribution in [1.82, 2.24) is 4.98 Å². The first kappa shape index (κ1) is 16.2. The number of halogens is 3. The standard InChI is InChI=1S/C14H10F3N3O3S/c1-6-11(21)18-8-4-7(2-3-10(8)23-6)9-5-24-13(19-9)20-12(22)14(15,16)17/h2-6H,1H3,(H,18,21)(H,19,20,22). The summed E-state index contributed by atoms with van der Waals surface area (Å²) < 4.78 is 42.1. The van der Waals surface area contributed by atoms with E-state index in [0.717, 1.165) is 11.3 Å². The van der Waals surface area contributed by atoms with Gasteiger partial charge in [0.2, 0.25) is 0 Å². The molecule has 1 aromatic heterocycles. The Hall–Kier alpha value is -2.62. The lowest BCUT2D eigenvalue weighted by Crippen LogP contribution is -2.34. The van der Waals surface area contributed by atoms with Crippen LogP contribution in [0.2, 0.25) is 0 Å². The van der Waals surface area contributed by atoms with E-state index in [0.29, 0.717) is 22.7 Å². The zero-order chi connectivity index (χ0) is 17.5. The normalized spacial score (nSPS) is 16.8. The highest BCUT2D eigenvalue weighted by Gasteiger charge is 2.39. The molecule has 6 nitrogen and oxygen atoms in total. The first-order chi connectivity index (χ1) is 11.2. The van der Waals surface area contributed by atoms with Crippen molar-refractivity contribution in [3.8, 4) is 17.0 Å². The molecule has 0 aliphatic carbocycles. The minimum atomic E-state index is -4.98. The summed E-state index contributed by atoms with van der Waals surface area (Å²) in [5, 5.41) is 5.70. The van der Waals surface area contributed by atoms with E-state index >= 15 is 0 Å². The summed E-state index contributed by atoms with van der Waals surface area (Å²) in [5.41, 5.74) is 1.38. The lowest BCUT2D eigenvalue weighted by Gasteiger charge is -2.23. The van der Waals surface area contributed by atoms with E-state index in [-0.39, 0.29) is 11.0 Å². The van der Waals surface area contributed by atoms with Crippen molar-refractivity contribution in [3.63, 3.8) is 0 Å². The van der Waals surface area contributed by atoms with Crippen molar-refractivity contribution in [1.29, 1.82) is 0 Å². The number of amides is 2. The number of carbonyl (C=O) groups excluding carboxylic acids is 2. The molecular formula is C14H10F3N3O3S. The van der Waals surface area contributed by atoms with Gasteiger partial charge in [-0.05, 0) is 25.1 Å². The third-order valence-electron chi connectivity index (χ3n) is 3.19. The number of nitrogens with one attached hydrogen (secondary N) is 2. The molecule has 2 amide bonds. The van der Waals surface area contributed by atoms with Crippen LogP contribution >= 0.6 is 11.3 Å². The molecule has 0 fully saturated rings. The second-order valence-electron chi connectivity index (χ2n) is 4.95. The van der Waals surface area contributed by atoms with Gasteiger partial charge in [0.15, 0.2) is 11.2 Å². The van der Waals surface area contributed by atoms with E-state index in [4.69, 9.17) is 4.74 Å². The highest BCUT2D eigenvalue weighted by molar-refractivity contribution is 7.14. The van der Waals surface area contributed by atoms with Crippen LogP contribution < -0.4 is 15.4 Å². The number of hydrogen-bond donors (Lipinski definition) is 2. The highest BCUT2D eigenvalue weighted by atomic mass is 32.1. The van der Waals surface area contributed by atoms with Crippen LogP contribution in [0.4, 0.5) is 24.0 Å². The smallest absolute Gasteiger partial charge is 0.471 e. The lowest BCUT2D eigenvalue weighted by molar-refractivity contribution is -0.167. The van der Waals surface area contributed by atoms with Crippen LogP contribution in [0.15, 0.2) is 23.6 Å². The molecule has 1 aliphatic rings. The molecule has 1 atom stereocenters. The largest absolute Gasteiger partial charge is 0.479 e. The molecule has 1 aromatic carbocycles. The van der Waals surface area contributed by atoms with Gasteiger partial charge in [-0.15, -0.1) is 11.3 Å². The van der Waals surface area contributed by atoms with Crippen molar-refractivity contribution >= 4 is 34.0 Å². The van der Waals surface area contributed by atoms with Gasteiger partial charge in [0.1, 0.15) is 5.75 Å². The zero-order valence-corrected chi connectivity index (χ0v) is 12.9. The van der Waals surface area contributed by atoms with Gasteiger partial charge in [0.25, 0.3) is 5.91 Å². The molecule has 1 aliphatic heterocycles. The molecule has 0 bridgehead atoms. The summed E-state index contributed by atoms with van der Waals surface area (Å²) in [4.78, 5) is 26.5. The minimum absolute atomic E-state index is 0.168. The Bertz CT molecular complexity index is 819. The predicted molar refractivity (Wildman–Crippen MR) is 81.0 cm³/mol. The average molecular weight is 357 g/mol. The number of nitrogens with zero attached hydrogens (tertiary/aromatic N) is 1. The number of thiazole rings is 1. The van der Waals surface area contributed by atoms with Gasteiger partial charge in [0, 0.05) is 10.9 Å². The molecule has 0 spiro atoms. The Morgan fingerprint density at radius 3 is 2.88 bits per heavy atom. The molecule has 2 heterocycles. The summed E-state index contributed by atoms with van der Waals surface area (Å²) in [7, 11) is 0. The summed E-state index contributed by atoms with van der Waals surface area (Å²) >= 11 is 0.866. The van der Waals surface area contributed by atoms with Crippen molar-refractivity contribution in [3.05, 3.63) is 23.6 Å². The van der Waals surface area contributed by atoms with E-state index in [1.165, 1.54) is 5.38 Å². The van der Waals surface area contributed by atoms with Gasteiger partial charge in [0.05, 0.1) is 11.4 Å². The molecule has 3 rings (SSSR count). The molecule has 24 heavy (non-hydrogen) atoms. The number of carbonyl (C=O) groups is 2. The highest BCUT2D eigenvalue weighted by Crippen LogP contribution is 2.35. The number of rotatable bonds is 2. The van der Waals surface area contributed by atoms with E-state index < -0.39 is 18.2 Å². The van der Waals surface area contributed by atoms with Crippen LogP contribution in [0.25, 0.3) is 11.3 Å². The molecule has 126 valence electrons. The number of hydrogen-bond acceptors (Lipinski definition) is 5. The predicted octanol–water partition coefficient (Wildman–Crippen LogP) is 3.03. The molecule has 2 aromatic rings. The SMILES string of the molecule is CC1Oc2ccc(-c3csc(NC(=O)C(F)(F)F)n3)cc2NC1=O. The summed E-state index contributed by atoms with van der Waals surface area (Å²) in [6, 6.07) is 4.89. The van der Waals surface area contributed by atoms with Gasteiger partial charge >= 0.3 is 12.1 Å². The van der Waals surface area contributed by atoms with E-state index in [1.54, 1.807) is 30.4 Å². The number of anilines is 2. The molecule has 10 heteroatoms. The number of benzene rings is 1. The van der Waals surface area contributed by atoms with Gasteiger partial charge in [-0.1, -0.05) is 0 Å². The van der Waals surface area contributed by atoms with Crippen LogP contribution in [0.1, 0.15) is 6.92 Å². The van der Waals surface area contributed by atoms with Gasteiger partial charge in [-0.25, -0.2) is 4.98 Å². The zero-order valence-electron chi connectivity index (χ0n) is 12.1. The lowest BCUT2D eigenvalue weighted by atomic mass is 10.1. The van der Waals surface area contributed by atoms with E-state index in [1.807, 2.05) is 0 Å². The molecule has 0 radical (unpaired) electrons. The summed E-state index contributed by atoms with van der Waals surface area (Å²) in [6.45, 7) is 1.61. The maximum Gasteiger partial charge on any atom is 0.471 e. The fraction of sp³-hybridized carbons (Fsp3) is 0.214. The Morgan fingerprint density at radius 2 is 2.17 bits per heavy atom. The first-order valence-corrected chi connectivity index (χ1v) is 7.57. The third-order valence-corrected chi connectivity index (χ3v) is 3.95. The molecular weight excluding hydrogens is 347 g/mol. The van der Waals surface area contributed by atoms with Crippen molar-refractivity contribution < 1.29 is 27.5 Å². The van der Waals surface area contributed by atoms with Crippen LogP contribution in [0.5, 0.6) is 5.75 Å². The summed E-state index contributed by atoms with van der Waals surface area (Å²) in [5.74, 6) is -1.88. The maximum atomic E-state index is 12.2. The second-order valence-corrected chi connectivity index (χ2v) is 5.81. The fourth-order valence-corrected chi connectivity index (χ4v) is 2.71. The number of ether oxygens (including phenoxy) is 1. The third kappa shape index (κ3) is 3.18. The molecule has 0 saturated carbocycles. The fourth-order valence-electron chi connectivity index (χ4n) is 2.00. The van der Waals surface area contributed by atoms with Crippen LogP contribution in [0, 0.1) is 0 Å². The van der Waals surface area contributed by atoms with Crippen molar-refractivity contribution in [2.45, 2.75) is 19.2 Å². The van der Waals surface area contributed by atoms with Gasteiger partial charge < -0.3 is 10.1 Å². The minimum Gasteiger partial charge on any atom is -0.479 e. The Balaban J connectivity index is 1.82. The average Bonchev–Trinajstić information content (AvgIpc) is 2.95. The van der Waals surface area contributed by atoms with Crippen LogP contribution in [0.3, 0.4) is 0 Å². The number of fused-ring (bicyclic) bond motifs is 1. The first-order valence-electron chi connectivity index (χ1n) is 6.69. The van der Waals surface area contributed by atoms with Crippen molar-refractivity contribution in [2.24, 2.45) is 0 Å². The monoisotopic (exact) mass is 357 g/mol. The molecule has 0 saturated heterocycles. The van der Waals surface area contributed by atoms with E-state index in [2.05, 4.69) is 10.3 Å². The number of aromatic nitrogens is 1. The maximum absolute atomic E-state index is 12.2. The summed E-state index contributed by atoms with van der Waals surface area (Å²) in [6.07, 6.45) is -5.58. The van der Waals surface area contributed by atoms with Crippen LogP contribution in [-0.4, -0.2) is 29.1 Å². The topological polar surface area (TPSA) is 80.3 Å². The second kappa shape index (κ2) is 5.78.